The number of nitrogens with zero attached hydrogens (tertiary/aromatic N) is 5. The van der Waals surface area contributed by atoms with Crippen LogP contribution in [0.15, 0.2) is 18.6 Å². The van der Waals surface area contributed by atoms with Crippen LogP contribution in [0.4, 0.5) is 8.78 Å². The van der Waals surface area contributed by atoms with E-state index in [1.165, 1.54) is 6.20 Å². The zero-order valence-corrected chi connectivity index (χ0v) is 8.36. The van der Waals surface area contributed by atoms with E-state index in [1.807, 2.05) is 0 Å². The molecule has 9 heteroatoms. The van der Waals surface area contributed by atoms with Crippen LogP contribution >= 0.6 is 0 Å². The number of carboxylic acids is 1. The molecule has 0 aromatic carbocycles. The van der Waals surface area contributed by atoms with Gasteiger partial charge in [0.25, 0.3) is 0 Å². The Bertz CT molecular complexity index is 536. The average molecular weight is 243 g/mol. The minimum absolute atomic E-state index is 0.0711. The third-order valence-electron chi connectivity index (χ3n) is 2.02. The van der Waals surface area contributed by atoms with Gasteiger partial charge < -0.3 is 5.11 Å². The van der Waals surface area contributed by atoms with Gasteiger partial charge in [-0.2, -0.15) is 8.78 Å². The van der Waals surface area contributed by atoms with E-state index in [4.69, 9.17) is 5.11 Å². The first kappa shape index (κ1) is 11.2. The van der Waals surface area contributed by atoms with Gasteiger partial charge in [0.2, 0.25) is 0 Å². The zero-order chi connectivity index (χ0) is 12.4. The van der Waals surface area contributed by atoms with Crippen molar-refractivity contribution < 1.29 is 18.7 Å². The Kier molecular flexibility index (Phi) is 2.81. The van der Waals surface area contributed by atoms with Crippen molar-refractivity contribution in [2.24, 2.45) is 0 Å². The van der Waals surface area contributed by atoms with Crippen molar-refractivity contribution in [3.8, 4) is 0 Å². The summed E-state index contributed by atoms with van der Waals surface area (Å²) in [6.07, 6.45) is 3.51. The van der Waals surface area contributed by atoms with E-state index >= 15 is 0 Å². The lowest BCUT2D eigenvalue weighted by atomic mass is 10.5. The summed E-state index contributed by atoms with van der Waals surface area (Å²) in [5, 5.41) is 15.5. The van der Waals surface area contributed by atoms with Crippen LogP contribution < -0.4 is 0 Å². The van der Waals surface area contributed by atoms with Gasteiger partial charge in [0.1, 0.15) is 12.4 Å². The maximum absolute atomic E-state index is 12.5. The molecule has 0 aliphatic heterocycles. The van der Waals surface area contributed by atoms with Crippen LogP contribution in [0.25, 0.3) is 0 Å². The van der Waals surface area contributed by atoms with Crippen molar-refractivity contribution in [3.05, 3.63) is 30.1 Å². The Hall–Kier alpha value is -2.32. The molecule has 2 aromatic heterocycles. The van der Waals surface area contributed by atoms with Crippen molar-refractivity contribution in [1.29, 1.82) is 0 Å². The predicted molar refractivity (Wildman–Crippen MR) is 49.6 cm³/mol. The number of rotatable bonds is 4. The smallest absolute Gasteiger partial charge is 0.358 e. The molecule has 0 spiro atoms. The minimum atomic E-state index is -2.70. The summed E-state index contributed by atoms with van der Waals surface area (Å²) < 4.78 is 26.8. The predicted octanol–water partition coefficient (Wildman–Crippen LogP) is 0.616. The normalized spacial score (nSPS) is 11.0. The average Bonchev–Trinajstić information content (AvgIpc) is 2.86. The van der Waals surface area contributed by atoms with Gasteiger partial charge in [-0.05, 0) is 0 Å². The first-order chi connectivity index (χ1) is 8.08. The molecule has 1 N–H and O–H groups in total. The molecule has 0 aliphatic carbocycles. The summed E-state index contributed by atoms with van der Waals surface area (Å²) in [6, 6.07) is 0. The highest BCUT2D eigenvalue weighted by atomic mass is 19.3. The molecule has 2 rings (SSSR count). The number of carbonyl (C=O) groups is 1. The summed E-state index contributed by atoms with van der Waals surface area (Å²) in [5.41, 5.74) is -0.250. The van der Waals surface area contributed by atoms with Crippen molar-refractivity contribution in [2.75, 3.05) is 0 Å². The highest BCUT2D eigenvalue weighted by Crippen LogP contribution is 2.12. The van der Waals surface area contributed by atoms with Crippen molar-refractivity contribution in [1.82, 2.24) is 24.5 Å². The molecule has 0 bridgehead atoms. The fourth-order valence-electron chi connectivity index (χ4n) is 1.26. The Morgan fingerprint density at radius 2 is 2.29 bits per heavy atom. The summed E-state index contributed by atoms with van der Waals surface area (Å²) in [4.78, 5) is 14.3. The van der Waals surface area contributed by atoms with E-state index < -0.39 is 12.5 Å². The summed E-state index contributed by atoms with van der Waals surface area (Å²) >= 11 is 0. The van der Waals surface area contributed by atoms with Crippen LogP contribution in [0.5, 0.6) is 0 Å². The highest BCUT2D eigenvalue weighted by molar-refractivity contribution is 5.84. The highest BCUT2D eigenvalue weighted by Gasteiger charge is 2.14. The van der Waals surface area contributed by atoms with Gasteiger partial charge in [-0.15, -0.1) is 5.10 Å². The first-order valence-corrected chi connectivity index (χ1v) is 4.51. The molecule has 0 aliphatic rings. The maximum atomic E-state index is 12.5. The summed E-state index contributed by atoms with van der Waals surface area (Å²) in [5.74, 6) is -1.16. The van der Waals surface area contributed by atoms with Crippen LogP contribution in [-0.2, 0) is 6.54 Å². The second-order valence-corrected chi connectivity index (χ2v) is 3.13. The molecular formula is C8H7F2N5O2. The zero-order valence-electron chi connectivity index (χ0n) is 8.36. The molecule has 7 nitrogen and oxygen atoms in total. The van der Waals surface area contributed by atoms with Crippen molar-refractivity contribution in [3.63, 3.8) is 0 Å². The number of aromatic carboxylic acids is 1. The Morgan fingerprint density at radius 1 is 1.53 bits per heavy atom. The lowest BCUT2D eigenvalue weighted by Crippen LogP contribution is -2.09. The van der Waals surface area contributed by atoms with Crippen LogP contribution in [0, 0.1) is 0 Å². The van der Waals surface area contributed by atoms with Gasteiger partial charge in [-0.3, -0.25) is 4.57 Å². The van der Waals surface area contributed by atoms with Crippen LogP contribution in [-0.4, -0.2) is 35.6 Å². The molecule has 2 heterocycles. The SMILES string of the molecule is O=C(O)c1cn(Cc2nccn2C(F)F)nn1. The third-order valence-corrected chi connectivity index (χ3v) is 2.02. The molecule has 90 valence electrons. The first-order valence-electron chi connectivity index (χ1n) is 4.51. The molecule has 0 unspecified atom stereocenters. The third kappa shape index (κ3) is 2.27. The topological polar surface area (TPSA) is 85.8 Å². The quantitative estimate of drug-likeness (QED) is 0.850. The van der Waals surface area contributed by atoms with Crippen molar-refractivity contribution >= 4 is 5.97 Å². The molecule has 0 saturated heterocycles. The lowest BCUT2D eigenvalue weighted by molar-refractivity contribution is 0.0662. The molecule has 0 amide bonds. The molecule has 17 heavy (non-hydrogen) atoms. The molecule has 0 saturated carbocycles. The molecule has 0 fully saturated rings. The second-order valence-electron chi connectivity index (χ2n) is 3.13. The fraction of sp³-hybridized carbons (Fsp3) is 0.250. The van der Waals surface area contributed by atoms with E-state index in [9.17, 15) is 13.6 Å². The Morgan fingerprint density at radius 3 is 2.88 bits per heavy atom. The molecule has 2 aromatic rings. The van der Waals surface area contributed by atoms with Gasteiger partial charge in [0, 0.05) is 12.4 Å². The largest absolute Gasteiger partial charge is 0.476 e. The monoisotopic (exact) mass is 243 g/mol. The van der Waals surface area contributed by atoms with Gasteiger partial charge in [-0.25, -0.2) is 14.5 Å². The van der Waals surface area contributed by atoms with Gasteiger partial charge in [0.05, 0.1) is 6.20 Å². The van der Waals surface area contributed by atoms with Crippen molar-refractivity contribution in [2.45, 2.75) is 13.1 Å². The lowest BCUT2D eigenvalue weighted by Gasteiger charge is -2.05. The summed E-state index contributed by atoms with van der Waals surface area (Å²) in [7, 11) is 0. The molecule has 0 radical (unpaired) electrons. The number of hydrogen-bond acceptors (Lipinski definition) is 4. The second kappa shape index (κ2) is 4.28. The van der Waals surface area contributed by atoms with Crippen LogP contribution in [0.3, 0.4) is 0 Å². The minimum Gasteiger partial charge on any atom is -0.476 e. The maximum Gasteiger partial charge on any atom is 0.358 e. The van der Waals surface area contributed by atoms with Gasteiger partial charge in [0.15, 0.2) is 5.69 Å². The van der Waals surface area contributed by atoms with Crippen LogP contribution in [0.2, 0.25) is 0 Å². The van der Waals surface area contributed by atoms with Gasteiger partial charge in [-0.1, -0.05) is 5.21 Å². The van der Waals surface area contributed by atoms with E-state index in [2.05, 4.69) is 15.3 Å². The number of imidazole rings is 1. The van der Waals surface area contributed by atoms with E-state index in [0.717, 1.165) is 17.1 Å². The Balaban J connectivity index is 2.19. The number of carboxylic acid groups (broad SMARTS) is 1. The molecular weight excluding hydrogens is 236 g/mol. The van der Waals surface area contributed by atoms with Crippen LogP contribution in [0.1, 0.15) is 22.9 Å². The van der Waals surface area contributed by atoms with E-state index in [-0.39, 0.29) is 18.1 Å². The van der Waals surface area contributed by atoms with E-state index in [1.54, 1.807) is 0 Å². The fourth-order valence-corrected chi connectivity index (χ4v) is 1.26. The number of aromatic nitrogens is 5. The number of halogens is 2. The standard InChI is InChI=1S/C8H7F2N5O2/c9-8(10)15-2-1-11-6(15)4-14-3-5(7(16)17)12-13-14/h1-3,8H,4H2,(H,16,17). The molecule has 0 atom stereocenters. The van der Waals surface area contributed by atoms with E-state index in [0.29, 0.717) is 4.57 Å². The van der Waals surface area contributed by atoms with Gasteiger partial charge >= 0.3 is 12.5 Å². The Labute approximate surface area is 93.3 Å². The number of hydrogen-bond donors (Lipinski definition) is 1. The summed E-state index contributed by atoms with van der Waals surface area (Å²) in [6.45, 7) is -2.77. The number of alkyl halides is 2.